The van der Waals surface area contributed by atoms with Crippen molar-refractivity contribution in [2.45, 2.75) is 17.8 Å². The van der Waals surface area contributed by atoms with Gasteiger partial charge in [-0.15, -0.1) is 17.7 Å². The summed E-state index contributed by atoms with van der Waals surface area (Å²) >= 11 is 6.71. The first-order chi connectivity index (χ1) is 9.52. The summed E-state index contributed by atoms with van der Waals surface area (Å²) in [5.41, 5.74) is 1.42. The molecule has 2 unspecified atom stereocenters. The number of hydrazone groups is 1. The Morgan fingerprint density at radius 1 is 1.65 bits per heavy atom. The van der Waals surface area contributed by atoms with Crippen LogP contribution in [-0.4, -0.2) is 49.8 Å². The summed E-state index contributed by atoms with van der Waals surface area (Å²) in [5, 5.41) is 9.46. The summed E-state index contributed by atoms with van der Waals surface area (Å²) < 4.78 is 0.850. The van der Waals surface area contributed by atoms with E-state index in [2.05, 4.69) is 32.7 Å². The number of hydrogen-bond donors (Lipinski definition) is 2. The van der Waals surface area contributed by atoms with Gasteiger partial charge in [0.1, 0.15) is 7.11 Å². The molecule has 2 aliphatic heterocycles. The fraction of sp³-hybridized carbons (Fsp3) is 0.500. The predicted octanol–water partition coefficient (Wildman–Crippen LogP) is 0.235. The van der Waals surface area contributed by atoms with Crippen molar-refractivity contribution in [1.82, 2.24) is 9.59 Å². The third kappa shape index (κ3) is 3.38. The van der Waals surface area contributed by atoms with Crippen LogP contribution in [0.3, 0.4) is 0 Å². The molecule has 2 rings (SSSR count). The summed E-state index contributed by atoms with van der Waals surface area (Å²) in [6.07, 6.45) is -0.772. The summed E-state index contributed by atoms with van der Waals surface area (Å²) in [6.45, 7) is 1.78. The molecule has 2 atom stereocenters. The van der Waals surface area contributed by atoms with Crippen LogP contribution in [0.25, 0.3) is 0 Å². The first-order valence-corrected chi connectivity index (χ1v) is 7.51. The summed E-state index contributed by atoms with van der Waals surface area (Å²) in [6, 6.07) is 0. The van der Waals surface area contributed by atoms with Crippen LogP contribution in [0.2, 0.25) is 0 Å². The highest BCUT2D eigenvalue weighted by atomic mass is 32.2. The second-order valence-corrected chi connectivity index (χ2v) is 6.45. The Kier molecular flexibility index (Phi) is 5.15. The molecule has 0 saturated heterocycles. The highest BCUT2D eigenvalue weighted by Gasteiger charge is 2.35. The van der Waals surface area contributed by atoms with E-state index in [0.717, 1.165) is 22.2 Å². The van der Waals surface area contributed by atoms with Gasteiger partial charge in [-0.05, 0) is 18.9 Å². The predicted molar refractivity (Wildman–Crippen MR) is 81.7 cm³/mol. The molecule has 0 saturated carbocycles. The zero-order valence-electron chi connectivity index (χ0n) is 10.5. The first kappa shape index (κ1) is 15.4. The molecular weight excluding hydrogens is 324 g/mol. The van der Waals surface area contributed by atoms with Gasteiger partial charge in [0.25, 0.3) is 0 Å². The largest absolute Gasteiger partial charge is 0.399 e. The summed E-state index contributed by atoms with van der Waals surface area (Å²) in [7, 11) is 1.31. The van der Waals surface area contributed by atoms with Crippen molar-refractivity contribution in [2.24, 2.45) is 21.1 Å². The van der Waals surface area contributed by atoms with Crippen molar-refractivity contribution in [3.05, 3.63) is 0 Å². The van der Waals surface area contributed by atoms with E-state index in [-0.39, 0.29) is 5.71 Å². The molecular formula is C8H12N6O3S3. The third-order valence-corrected chi connectivity index (χ3v) is 4.12. The van der Waals surface area contributed by atoms with Crippen LogP contribution in [0.4, 0.5) is 0 Å². The Balaban J connectivity index is 2.08. The van der Waals surface area contributed by atoms with Crippen LogP contribution in [0.15, 0.2) is 15.2 Å². The fourth-order valence-electron chi connectivity index (χ4n) is 1.35. The van der Waals surface area contributed by atoms with E-state index in [9.17, 15) is 4.79 Å². The van der Waals surface area contributed by atoms with E-state index in [1.54, 1.807) is 6.92 Å². The molecule has 2 N–H and O–H groups in total. The summed E-state index contributed by atoms with van der Waals surface area (Å²) in [5.74, 6) is 4.91. The average Bonchev–Trinajstić information content (AvgIpc) is 2.93. The molecule has 9 nitrogen and oxygen atoms in total. The third-order valence-electron chi connectivity index (χ3n) is 2.14. The van der Waals surface area contributed by atoms with Crippen LogP contribution in [-0.2, 0) is 14.5 Å². The molecule has 12 heteroatoms. The second kappa shape index (κ2) is 6.67. The van der Waals surface area contributed by atoms with E-state index in [0.29, 0.717) is 0 Å². The SMILES string of the molecule is CO/N=C(\C(=O)ON1N=C(C)SC1S)C1N=CSN1N. The zero-order chi connectivity index (χ0) is 14.7. The highest BCUT2D eigenvalue weighted by molar-refractivity contribution is 8.21. The smallest absolute Gasteiger partial charge is 0.386 e. The molecule has 0 aromatic rings. The Bertz CT molecular complexity index is 484. The molecule has 0 bridgehead atoms. The van der Waals surface area contributed by atoms with E-state index >= 15 is 0 Å². The van der Waals surface area contributed by atoms with Gasteiger partial charge < -0.3 is 9.68 Å². The number of rotatable bonds is 4. The number of thiol groups is 1. The number of hydroxylamine groups is 1. The molecule has 0 aromatic carbocycles. The van der Waals surface area contributed by atoms with Crippen LogP contribution in [0.5, 0.6) is 0 Å². The zero-order valence-corrected chi connectivity index (χ0v) is 13.1. The van der Waals surface area contributed by atoms with Gasteiger partial charge in [-0.3, -0.25) is 10.8 Å². The van der Waals surface area contributed by atoms with Gasteiger partial charge >= 0.3 is 5.97 Å². The van der Waals surface area contributed by atoms with Gasteiger partial charge in [-0.25, -0.2) is 4.79 Å². The van der Waals surface area contributed by atoms with Gasteiger partial charge in [-0.1, -0.05) is 22.1 Å². The average molecular weight is 336 g/mol. The van der Waals surface area contributed by atoms with E-state index in [4.69, 9.17) is 10.7 Å². The second-order valence-electron chi connectivity index (χ2n) is 3.50. The first-order valence-electron chi connectivity index (χ1n) is 5.27. The number of nitrogens with two attached hydrogens (primary N) is 1. The van der Waals surface area contributed by atoms with Gasteiger partial charge in [0.2, 0.25) is 5.71 Å². The Morgan fingerprint density at radius 3 is 2.90 bits per heavy atom. The number of oxime groups is 1. The van der Waals surface area contributed by atoms with Gasteiger partial charge in [0, 0.05) is 0 Å². The molecule has 20 heavy (non-hydrogen) atoms. The highest BCUT2D eigenvalue weighted by Crippen LogP contribution is 2.28. The van der Waals surface area contributed by atoms with Crippen LogP contribution < -0.4 is 5.84 Å². The number of hydrazine groups is 1. The molecule has 0 radical (unpaired) electrons. The maximum Gasteiger partial charge on any atom is 0.386 e. The van der Waals surface area contributed by atoms with Crippen molar-refractivity contribution in [3.8, 4) is 0 Å². The lowest BCUT2D eigenvalue weighted by atomic mass is 10.3. The van der Waals surface area contributed by atoms with Crippen molar-refractivity contribution in [1.29, 1.82) is 0 Å². The van der Waals surface area contributed by atoms with Crippen molar-refractivity contribution >= 4 is 58.6 Å². The molecule has 0 fully saturated rings. The lowest BCUT2D eigenvalue weighted by Crippen LogP contribution is -2.43. The van der Waals surface area contributed by atoms with Gasteiger partial charge in [-0.2, -0.15) is 4.41 Å². The Labute approximate surface area is 129 Å². The standard InChI is InChI=1S/C8H12N6O3S3/c1-4-11-14(8(18)20-4)17-7(15)5(12-16-2)6-10-3-19-13(6)9/h3,6,8,18H,9H2,1-2H3/b12-5-. The van der Waals surface area contributed by atoms with E-state index in [1.807, 2.05) is 0 Å². The van der Waals surface area contributed by atoms with E-state index < -0.39 is 16.8 Å². The molecule has 110 valence electrons. The topological polar surface area (TPSA) is 105 Å². The minimum absolute atomic E-state index is 0.0819. The fourth-order valence-corrected chi connectivity index (χ4v) is 3.07. The molecule has 0 aliphatic carbocycles. The number of aliphatic imine (C=N–C) groups is 1. The van der Waals surface area contributed by atoms with Gasteiger partial charge in [0.15, 0.2) is 10.9 Å². The Hall–Kier alpha value is -0.950. The Morgan fingerprint density at radius 2 is 2.40 bits per heavy atom. The monoisotopic (exact) mass is 336 g/mol. The lowest BCUT2D eigenvalue weighted by Gasteiger charge is -2.19. The van der Waals surface area contributed by atoms with Crippen molar-refractivity contribution < 1.29 is 14.5 Å². The number of carbonyl (C=O) groups excluding carboxylic acids is 1. The number of nitrogens with zero attached hydrogens (tertiary/aromatic N) is 5. The maximum atomic E-state index is 12.1. The van der Waals surface area contributed by atoms with Crippen LogP contribution in [0.1, 0.15) is 6.92 Å². The van der Waals surface area contributed by atoms with Crippen molar-refractivity contribution in [2.75, 3.05) is 7.11 Å². The molecule has 0 spiro atoms. The van der Waals surface area contributed by atoms with E-state index in [1.165, 1.54) is 28.8 Å². The molecule has 2 heterocycles. The molecule has 2 aliphatic rings. The summed E-state index contributed by atoms with van der Waals surface area (Å²) in [4.78, 5) is 25.9. The van der Waals surface area contributed by atoms with Crippen molar-refractivity contribution in [3.63, 3.8) is 0 Å². The minimum atomic E-state index is -0.772. The van der Waals surface area contributed by atoms with Gasteiger partial charge in [0.05, 0.1) is 10.6 Å². The molecule has 0 aromatic heterocycles. The number of carbonyl (C=O) groups is 1. The minimum Gasteiger partial charge on any atom is -0.399 e. The molecule has 0 amide bonds. The number of hydrogen-bond acceptors (Lipinski definition) is 12. The maximum absolute atomic E-state index is 12.1. The normalized spacial score (nSPS) is 26.9. The quantitative estimate of drug-likeness (QED) is 0.247. The number of thioether (sulfide) groups is 1. The van der Waals surface area contributed by atoms with Crippen LogP contribution in [0, 0.1) is 0 Å². The van der Waals surface area contributed by atoms with Crippen LogP contribution >= 0.6 is 36.3 Å². The lowest BCUT2D eigenvalue weighted by molar-refractivity contribution is -0.178.